The fraction of sp³-hybridized carbons (Fsp3) is 0.333. The van der Waals surface area contributed by atoms with Crippen LogP contribution in [0.25, 0.3) is 5.82 Å². The Morgan fingerprint density at radius 1 is 1.35 bits per heavy atom. The number of aliphatic hydroxyl groups excluding tert-OH is 1. The first-order valence-corrected chi connectivity index (χ1v) is 5.67. The van der Waals surface area contributed by atoms with Gasteiger partial charge in [-0.05, 0) is 12.1 Å². The van der Waals surface area contributed by atoms with Gasteiger partial charge in [0.15, 0.2) is 5.82 Å². The highest BCUT2D eigenvalue weighted by Gasteiger charge is 2.32. The average molecular weight is 287 g/mol. The molecule has 1 N–H and O–H groups in total. The van der Waals surface area contributed by atoms with E-state index in [9.17, 15) is 18.3 Å². The standard InChI is InChI=1S/C12H12F3N3O2/c1-20-7-9-8(6-19)5-18(17-9)11-4-2-3-10(16-11)12(13,14)15/h2-5,19H,6-7H2,1H3. The van der Waals surface area contributed by atoms with Crippen molar-refractivity contribution in [2.24, 2.45) is 0 Å². The van der Waals surface area contributed by atoms with Gasteiger partial charge in [-0.15, -0.1) is 0 Å². The van der Waals surface area contributed by atoms with E-state index >= 15 is 0 Å². The smallest absolute Gasteiger partial charge is 0.392 e. The third-order valence-corrected chi connectivity index (χ3v) is 2.59. The first-order valence-electron chi connectivity index (χ1n) is 5.67. The van der Waals surface area contributed by atoms with Gasteiger partial charge in [-0.1, -0.05) is 6.07 Å². The number of rotatable bonds is 4. The van der Waals surface area contributed by atoms with Gasteiger partial charge in [0.1, 0.15) is 5.69 Å². The van der Waals surface area contributed by atoms with E-state index in [0.29, 0.717) is 11.3 Å². The van der Waals surface area contributed by atoms with Gasteiger partial charge in [-0.25, -0.2) is 9.67 Å². The van der Waals surface area contributed by atoms with Crippen molar-refractivity contribution in [3.63, 3.8) is 0 Å². The zero-order valence-electron chi connectivity index (χ0n) is 10.6. The Kier molecular flexibility index (Phi) is 4.05. The van der Waals surface area contributed by atoms with Gasteiger partial charge in [0.25, 0.3) is 0 Å². The lowest BCUT2D eigenvalue weighted by Gasteiger charge is -2.07. The van der Waals surface area contributed by atoms with Gasteiger partial charge in [0.2, 0.25) is 0 Å². The molecule has 8 heteroatoms. The van der Waals surface area contributed by atoms with Crippen LogP contribution in [0.5, 0.6) is 0 Å². The van der Waals surface area contributed by atoms with Crippen LogP contribution in [-0.4, -0.2) is 27.0 Å². The Labute approximate surface area is 112 Å². The Hall–Kier alpha value is -1.93. The quantitative estimate of drug-likeness (QED) is 0.933. The Balaban J connectivity index is 2.41. The first-order chi connectivity index (χ1) is 9.45. The molecule has 5 nitrogen and oxygen atoms in total. The summed E-state index contributed by atoms with van der Waals surface area (Å²) < 4.78 is 43.9. The molecule has 2 aromatic rings. The normalized spacial score (nSPS) is 11.8. The van der Waals surface area contributed by atoms with Gasteiger partial charge in [-0.2, -0.15) is 18.3 Å². The van der Waals surface area contributed by atoms with Crippen molar-refractivity contribution in [1.29, 1.82) is 0 Å². The molecule has 0 saturated heterocycles. The molecule has 0 aliphatic carbocycles. The van der Waals surface area contributed by atoms with Crippen LogP contribution in [0, 0.1) is 0 Å². The van der Waals surface area contributed by atoms with Crippen molar-refractivity contribution in [3.05, 3.63) is 41.3 Å². The summed E-state index contributed by atoms with van der Waals surface area (Å²) in [6, 6.07) is 3.54. The molecule has 0 atom stereocenters. The predicted molar refractivity (Wildman–Crippen MR) is 63.0 cm³/mol. The van der Waals surface area contributed by atoms with Gasteiger partial charge in [-0.3, -0.25) is 0 Å². The summed E-state index contributed by atoms with van der Waals surface area (Å²) >= 11 is 0. The highest BCUT2D eigenvalue weighted by Crippen LogP contribution is 2.28. The van der Waals surface area contributed by atoms with Crippen LogP contribution in [0.1, 0.15) is 17.0 Å². The molecule has 2 rings (SSSR count). The van der Waals surface area contributed by atoms with Crippen LogP contribution < -0.4 is 0 Å². The molecule has 0 fully saturated rings. The van der Waals surface area contributed by atoms with Crippen molar-refractivity contribution < 1.29 is 23.0 Å². The molecule has 0 bridgehead atoms. The minimum absolute atomic E-state index is 0.0249. The fourth-order valence-corrected chi connectivity index (χ4v) is 1.66. The van der Waals surface area contributed by atoms with Crippen molar-refractivity contribution >= 4 is 0 Å². The second kappa shape index (κ2) is 5.59. The van der Waals surface area contributed by atoms with E-state index < -0.39 is 11.9 Å². The van der Waals surface area contributed by atoms with Crippen LogP contribution in [0.2, 0.25) is 0 Å². The van der Waals surface area contributed by atoms with Gasteiger partial charge in [0, 0.05) is 18.9 Å². The molecule has 0 aromatic carbocycles. The molecule has 2 aromatic heterocycles. The van der Waals surface area contributed by atoms with Crippen molar-refractivity contribution in [2.75, 3.05) is 7.11 Å². The Morgan fingerprint density at radius 2 is 2.10 bits per heavy atom. The van der Waals surface area contributed by atoms with E-state index in [1.807, 2.05) is 0 Å². The lowest BCUT2D eigenvalue weighted by atomic mass is 10.3. The Bertz CT molecular complexity index is 596. The minimum atomic E-state index is -4.52. The van der Waals surface area contributed by atoms with Crippen LogP contribution in [0.4, 0.5) is 13.2 Å². The largest absolute Gasteiger partial charge is 0.433 e. The van der Waals surface area contributed by atoms with Crippen LogP contribution >= 0.6 is 0 Å². The number of pyridine rings is 1. The number of hydrogen-bond donors (Lipinski definition) is 1. The SMILES string of the molecule is COCc1nn(-c2cccc(C(F)(F)F)n2)cc1CO. The molecule has 0 spiro atoms. The number of nitrogens with zero attached hydrogens (tertiary/aromatic N) is 3. The number of ether oxygens (including phenoxy) is 1. The number of halogens is 3. The van der Waals surface area contributed by atoms with E-state index in [1.165, 1.54) is 30.1 Å². The molecule has 0 aliphatic heterocycles. The molecular formula is C12H12F3N3O2. The zero-order valence-corrected chi connectivity index (χ0v) is 10.6. The topological polar surface area (TPSA) is 60.2 Å². The average Bonchev–Trinajstić information content (AvgIpc) is 2.82. The lowest BCUT2D eigenvalue weighted by molar-refractivity contribution is -0.141. The van der Waals surface area contributed by atoms with E-state index in [-0.39, 0.29) is 19.0 Å². The van der Waals surface area contributed by atoms with E-state index in [4.69, 9.17) is 4.74 Å². The molecular weight excluding hydrogens is 275 g/mol. The van der Waals surface area contributed by atoms with Crippen LogP contribution in [-0.2, 0) is 24.1 Å². The fourth-order valence-electron chi connectivity index (χ4n) is 1.66. The molecule has 0 amide bonds. The molecule has 0 unspecified atom stereocenters. The van der Waals surface area contributed by atoms with Gasteiger partial charge >= 0.3 is 6.18 Å². The summed E-state index contributed by atoms with van der Waals surface area (Å²) in [6.07, 6.45) is -3.09. The summed E-state index contributed by atoms with van der Waals surface area (Å²) in [5.74, 6) is 0.0249. The van der Waals surface area contributed by atoms with Gasteiger partial charge < -0.3 is 9.84 Å². The summed E-state index contributed by atoms with van der Waals surface area (Å²) in [5.41, 5.74) is -0.0652. The number of alkyl halides is 3. The van der Waals surface area contributed by atoms with Crippen molar-refractivity contribution in [1.82, 2.24) is 14.8 Å². The second-order valence-electron chi connectivity index (χ2n) is 4.02. The number of hydrogen-bond acceptors (Lipinski definition) is 4. The second-order valence-corrected chi connectivity index (χ2v) is 4.02. The van der Waals surface area contributed by atoms with Crippen LogP contribution in [0.3, 0.4) is 0 Å². The van der Waals surface area contributed by atoms with Crippen molar-refractivity contribution in [2.45, 2.75) is 19.4 Å². The zero-order chi connectivity index (χ0) is 14.8. The maximum absolute atomic E-state index is 12.6. The monoisotopic (exact) mass is 287 g/mol. The number of methoxy groups -OCH3 is 1. The summed E-state index contributed by atoms with van der Waals surface area (Å²) in [4.78, 5) is 3.52. The summed E-state index contributed by atoms with van der Waals surface area (Å²) in [7, 11) is 1.46. The maximum atomic E-state index is 12.6. The Morgan fingerprint density at radius 3 is 2.70 bits per heavy atom. The molecule has 2 heterocycles. The van der Waals surface area contributed by atoms with Crippen molar-refractivity contribution in [3.8, 4) is 5.82 Å². The van der Waals surface area contributed by atoms with E-state index in [0.717, 1.165) is 6.07 Å². The maximum Gasteiger partial charge on any atom is 0.433 e. The van der Waals surface area contributed by atoms with E-state index in [1.54, 1.807) is 0 Å². The predicted octanol–water partition coefficient (Wildman–Crippen LogP) is 1.92. The minimum Gasteiger partial charge on any atom is -0.392 e. The first kappa shape index (κ1) is 14.5. The summed E-state index contributed by atoms with van der Waals surface area (Å²) in [5, 5.41) is 13.2. The summed E-state index contributed by atoms with van der Waals surface area (Å²) in [6.45, 7) is -0.125. The van der Waals surface area contributed by atoms with Crippen LogP contribution in [0.15, 0.2) is 24.4 Å². The number of aromatic nitrogens is 3. The highest BCUT2D eigenvalue weighted by atomic mass is 19.4. The lowest BCUT2D eigenvalue weighted by Crippen LogP contribution is -2.10. The molecule has 20 heavy (non-hydrogen) atoms. The third-order valence-electron chi connectivity index (χ3n) is 2.59. The molecule has 0 radical (unpaired) electrons. The van der Waals surface area contributed by atoms with E-state index in [2.05, 4.69) is 10.1 Å². The molecule has 0 saturated carbocycles. The third kappa shape index (κ3) is 2.97. The van der Waals surface area contributed by atoms with Gasteiger partial charge in [0.05, 0.1) is 18.9 Å². The molecule has 108 valence electrons. The number of aliphatic hydroxyl groups is 1. The highest BCUT2D eigenvalue weighted by molar-refractivity contribution is 5.28. The molecule has 0 aliphatic rings.